The Morgan fingerprint density at radius 3 is 2.58 bits per heavy atom. The van der Waals surface area contributed by atoms with E-state index in [9.17, 15) is 9.90 Å². The van der Waals surface area contributed by atoms with Crippen LogP contribution in [0.2, 0.25) is 0 Å². The normalized spacial score (nSPS) is 21.8. The largest absolute Gasteiger partial charge is 0.842 e. The third kappa shape index (κ3) is 1.81. The van der Waals surface area contributed by atoms with E-state index in [1.54, 1.807) is 6.07 Å². The number of aryl methyl sites for hydroxylation is 1. The minimum Gasteiger partial charge on any atom is -0.842 e. The summed E-state index contributed by atoms with van der Waals surface area (Å²) >= 11 is 0. The number of rotatable bonds is 1. The Labute approximate surface area is 112 Å². The Morgan fingerprint density at radius 1 is 1.21 bits per heavy atom. The van der Waals surface area contributed by atoms with E-state index in [1.807, 2.05) is 25.1 Å². The molecule has 19 heavy (non-hydrogen) atoms. The molecule has 0 aliphatic carbocycles. The first-order valence-electron chi connectivity index (χ1n) is 6.69. The molecule has 1 saturated heterocycles. The fourth-order valence-electron chi connectivity index (χ4n) is 2.87. The molecule has 0 unspecified atom stereocenters. The van der Waals surface area contributed by atoms with E-state index in [4.69, 9.17) is 0 Å². The van der Waals surface area contributed by atoms with Crippen LogP contribution in [0.3, 0.4) is 0 Å². The number of urea groups is 1. The van der Waals surface area contributed by atoms with E-state index in [0.29, 0.717) is 18.8 Å². The van der Waals surface area contributed by atoms with Crippen molar-refractivity contribution in [3.63, 3.8) is 0 Å². The average Bonchev–Trinajstić information content (AvgIpc) is 2.63. The zero-order chi connectivity index (χ0) is 13.5. The van der Waals surface area contributed by atoms with Gasteiger partial charge in [-0.2, -0.15) is 0 Å². The first-order valence-corrected chi connectivity index (χ1v) is 6.69. The van der Waals surface area contributed by atoms with Crippen molar-refractivity contribution in [1.29, 1.82) is 0 Å². The van der Waals surface area contributed by atoms with Gasteiger partial charge < -0.3 is 5.11 Å². The molecule has 0 bridgehead atoms. The molecule has 1 fully saturated rings. The second-order valence-electron chi connectivity index (χ2n) is 5.22. The zero-order valence-electron chi connectivity index (χ0n) is 11.0. The number of para-hydroxylation sites is 1. The lowest BCUT2D eigenvalue weighted by Crippen LogP contribution is -2.53. The molecule has 0 N–H and O–H groups in total. The monoisotopic (exact) mass is 259 g/mol. The number of hydrogen-bond donors (Lipinski definition) is 0. The van der Waals surface area contributed by atoms with E-state index < -0.39 is 6.02 Å². The predicted octanol–water partition coefficient (Wildman–Crippen LogP) is 1.57. The standard InChI is InChI=1S/C14H17N3O2/c1-11-7-3-4-8-12(11)16-13(18)15-17(14(16)19)9-5-2-6-10-17/h3-4,7-8H,2,5-6,9-10H2,1H3. The van der Waals surface area contributed by atoms with Gasteiger partial charge in [0.25, 0.3) is 0 Å². The molecule has 2 heterocycles. The molecule has 5 heteroatoms. The summed E-state index contributed by atoms with van der Waals surface area (Å²) in [5.74, 6) is 0. The fraction of sp³-hybridized carbons (Fsp3) is 0.429. The number of benzene rings is 1. The lowest BCUT2D eigenvalue weighted by Gasteiger charge is -2.30. The maximum atomic E-state index is 12.6. The minimum absolute atomic E-state index is 0.0346. The van der Waals surface area contributed by atoms with Crippen molar-refractivity contribution < 1.29 is 14.5 Å². The van der Waals surface area contributed by atoms with Gasteiger partial charge in [-0.1, -0.05) is 23.3 Å². The molecule has 5 nitrogen and oxygen atoms in total. The van der Waals surface area contributed by atoms with Crippen LogP contribution in [-0.2, 0) is 0 Å². The van der Waals surface area contributed by atoms with Gasteiger partial charge in [-0.15, -0.1) is 4.59 Å². The molecule has 1 spiro atoms. The van der Waals surface area contributed by atoms with Crippen molar-refractivity contribution in [2.24, 2.45) is 5.10 Å². The number of amidine groups is 1. The van der Waals surface area contributed by atoms with Crippen molar-refractivity contribution in [3.8, 4) is 0 Å². The van der Waals surface area contributed by atoms with Gasteiger partial charge in [-0.25, -0.2) is 9.69 Å². The van der Waals surface area contributed by atoms with Crippen LogP contribution in [0.25, 0.3) is 0 Å². The minimum atomic E-state index is -0.429. The highest BCUT2D eigenvalue weighted by atomic mass is 16.3. The van der Waals surface area contributed by atoms with Crippen LogP contribution < -0.4 is 10.0 Å². The molecule has 0 radical (unpaired) electrons. The highest BCUT2D eigenvalue weighted by Crippen LogP contribution is 2.31. The maximum absolute atomic E-state index is 12.6. The lowest BCUT2D eigenvalue weighted by atomic mass is 10.1. The van der Waals surface area contributed by atoms with Crippen molar-refractivity contribution in [2.75, 3.05) is 18.0 Å². The van der Waals surface area contributed by atoms with Gasteiger partial charge in [-0.3, -0.25) is 0 Å². The summed E-state index contributed by atoms with van der Waals surface area (Å²) < 4.78 is -0.0346. The number of quaternary nitrogens is 1. The van der Waals surface area contributed by atoms with E-state index in [-0.39, 0.29) is 10.6 Å². The molecule has 100 valence electrons. The van der Waals surface area contributed by atoms with Crippen molar-refractivity contribution in [3.05, 3.63) is 29.8 Å². The lowest BCUT2D eigenvalue weighted by molar-refractivity contribution is -0.858. The maximum Gasteiger partial charge on any atom is 0.455 e. The van der Waals surface area contributed by atoms with Crippen LogP contribution in [0.4, 0.5) is 10.5 Å². The molecule has 0 atom stereocenters. The quantitative estimate of drug-likeness (QED) is 0.719. The number of anilines is 1. The van der Waals surface area contributed by atoms with Gasteiger partial charge in [0.15, 0.2) is 0 Å². The second-order valence-corrected chi connectivity index (χ2v) is 5.22. The number of amides is 2. The summed E-state index contributed by atoms with van der Waals surface area (Å²) in [6, 6.07) is 6.80. The van der Waals surface area contributed by atoms with E-state index in [0.717, 1.165) is 24.8 Å². The topological polar surface area (TPSA) is 55.7 Å². The predicted molar refractivity (Wildman–Crippen MR) is 70.3 cm³/mol. The van der Waals surface area contributed by atoms with Crippen molar-refractivity contribution in [2.45, 2.75) is 26.2 Å². The van der Waals surface area contributed by atoms with Crippen LogP contribution in [0, 0.1) is 6.92 Å². The molecule has 2 amide bonds. The molecular formula is C14H17N3O2. The summed E-state index contributed by atoms with van der Waals surface area (Å²) in [5, 5.41) is 16.3. The molecule has 2 aliphatic rings. The highest BCUT2D eigenvalue weighted by molar-refractivity contribution is 6.12. The van der Waals surface area contributed by atoms with E-state index in [1.165, 1.54) is 4.90 Å². The van der Waals surface area contributed by atoms with Gasteiger partial charge >= 0.3 is 6.03 Å². The van der Waals surface area contributed by atoms with Crippen LogP contribution in [-0.4, -0.2) is 29.7 Å². The third-order valence-electron chi connectivity index (χ3n) is 3.93. The highest BCUT2D eigenvalue weighted by Gasteiger charge is 2.48. The molecule has 0 saturated carbocycles. The van der Waals surface area contributed by atoms with Gasteiger partial charge in [0, 0.05) is 0 Å². The first-order chi connectivity index (χ1) is 9.14. The van der Waals surface area contributed by atoms with Gasteiger partial charge in [0.1, 0.15) is 19.1 Å². The van der Waals surface area contributed by atoms with Crippen molar-refractivity contribution in [1.82, 2.24) is 0 Å². The van der Waals surface area contributed by atoms with Crippen molar-refractivity contribution >= 4 is 17.7 Å². The first kappa shape index (κ1) is 12.2. The van der Waals surface area contributed by atoms with E-state index in [2.05, 4.69) is 5.10 Å². The average molecular weight is 259 g/mol. The Morgan fingerprint density at radius 2 is 1.89 bits per heavy atom. The Hall–Kier alpha value is -1.88. The van der Waals surface area contributed by atoms with E-state index >= 15 is 0 Å². The Balaban J connectivity index is 2.00. The number of nitrogens with zero attached hydrogens (tertiary/aromatic N) is 3. The van der Waals surface area contributed by atoms with Crippen LogP contribution in [0.15, 0.2) is 29.4 Å². The molecule has 1 aromatic rings. The van der Waals surface area contributed by atoms with Gasteiger partial charge in [0.2, 0.25) is 0 Å². The molecule has 1 aromatic carbocycles. The fourth-order valence-corrected chi connectivity index (χ4v) is 2.87. The SMILES string of the molecule is Cc1ccccc1N1C(=O)[N+]2(CCCCC2)N=C1[O-]. The third-order valence-corrected chi connectivity index (χ3v) is 3.93. The summed E-state index contributed by atoms with van der Waals surface area (Å²) in [6.45, 7) is 3.19. The van der Waals surface area contributed by atoms with Crippen LogP contribution in [0.5, 0.6) is 0 Å². The number of piperidine rings is 1. The number of carbonyl (C=O) groups is 1. The smallest absolute Gasteiger partial charge is 0.455 e. The molecular weight excluding hydrogens is 242 g/mol. The molecule has 3 rings (SSSR count). The Kier molecular flexibility index (Phi) is 2.78. The van der Waals surface area contributed by atoms with Gasteiger partial charge in [-0.05, 0) is 37.8 Å². The molecule has 0 aromatic heterocycles. The number of carbonyl (C=O) groups excluding carboxylic acids is 1. The summed E-state index contributed by atoms with van der Waals surface area (Å²) in [6.07, 6.45) is 3.01. The van der Waals surface area contributed by atoms with Crippen LogP contribution >= 0.6 is 0 Å². The zero-order valence-corrected chi connectivity index (χ0v) is 11.0. The number of hydrogen-bond acceptors (Lipinski definition) is 3. The summed E-state index contributed by atoms with van der Waals surface area (Å²) in [5.41, 5.74) is 1.57. The van der Waals surface area contributed by atoms with Crippen LogP contribution in [0.1, 0.15) is 24.8 Å². The summed E-state index contributed by atoms with van der Waals surface area (Å²) in [4.78, 5) is 13.9. The second kappa shape index (κ2) is 4.35. The Bertz CT molecular complexity index is 547. The summed E-state index contributed by atoms with van der Waals surface area (Å²) in [7, 11) is 0. The molecule has 2 aliphatic heterocycles. The van der Waals surface area contributed by atoms with Gasteiger partial charge in [0.05, 0.1) is 5.69 Å².